The van der Waals surface area contributed by atoms with E-state index in [1.165, 1.54) is 0 Å². The number of carbonyl (C=O) groups excluding carboxylic acids is 1. The predicted octanol–water partition coefficient (Wildman–Crippen LogP) is 3.83. The number of aliphatic imine (C=N–C) groups is 1. The number of pyridine rings is 1. The lowest BCUT2D eigenvalue weighted by atomic mass is 9.86. The van der Waals surface area contributed by atoms with Crippen molar-refractivity contribution in [2.75, 3.05) is 5.32 Å². The number of aromatic nitrogens is 2. The van der Waals surface area contributed by atoms with E-state index in [0.717, 1.165) is 35.2 Å². The Morgan fingerprint density at radius 3 is 2.85 bits per heavy atom. The summed E-state index contributed by atoms with van der Waals surface area (Å²) < 4.78 is 5.73. The lowest BCUT2D eigenvalue weighted by Gasteiger charge is -2.30. The van der Waals surface area contributed by atoms with Crippen LogP contribution in [-0.2, 0) is 4.79 Å². The van der Waals surface area contributed by atoms with Crippen molar-refractivity contribution in [3.8, 4) is 0 Å². The summed E-state index contributed by atoms with van der Waals surface area (Å²) in [4.78, 5) is 25.8. The number of carbonyl (C=O) groups is 1. The first-order valence-corrected chi connectivity index (χ1v) is 8.91. The Morgan fingerprint density at radius 2 is 2.00 bits per heavy atom. The van der Waals surface area contributed by atoms with E-state index in [0.29, 0.717) is 24.0 Å². The molecule has 0 radical (unpaired) electrons. The van der Waals surface area contributed by atoms with Gasteiger partial charge in [0.2, 0.25) is 5.96 Å². The minimum absolute atomic E-state index is 0. The second-order valence-electron chi connectivity index (χ2n) is 6.57. The predicted molar refractivity (Wildman–Crippen MR) is 105 cm³/mol. The number of ketones is 1. The molecule has 0 fully saturated rings. The molecule has 7 heteroatoms. The van der Waals surface area contributed by atoms with Crippen LogP contribution < -0.4 is 10.6 Å². The molecular formula is C20H21N5O2. The quantitative estimate of drug-likeness (QED) is 0.719. The number of oxazole rings is 1. The summed E-state index contributed by atoms with van der Waals surface area (Å²) in [6, 6.07) is 11.4. The molecule has 0 saturated heterocycles. The minimum Gasteiger partial charge on any atom is -0.423 e. The molecule has 7 nitrogen and oxygen atoms in total. The number of benzene rings is 1. The van der Waals surface area contributed by atoms with Crippen molar-refractivity contribution in [2.24, 2.45) is 4.99 Å². The molecule has 0 amide bonds. The second-order valence-corrected chi connectivity index (χ2v) is 6.57. The monoisotopic (exact) mass is 363 g/mol. The van der Waals surface area contributed by atoms with Crippen molar-refractivity contribution < 1.29 is 12.1 Å². The number of guanidine groups is 1. The fraction of sp³-hybridized carbons (Fsp3) is 0.200. The molecular weight excluding hydrogens is 342 g/mol. The van der Waals surface area contributed by atoms with Gasteiger partial charge in [-0.05, 0) is 42.7 Å². The average Bonchev–Trinajstić information content (AvgIpc) is 3.10. The number of rotatable bonds is 2. The summed E-state index contributed by atoms with van der Waals surface area (Å²) in [6.45, 7) is 0. The fourth-order valence-electron chi connectivity index (χ4n) is 3.56. The van der Waals surface area contributed by atoms with E-state index in [-0.39, 0.29) is 14.7 Å². The molecule has 0 spiro atoms. The Labute approximate surface area is 158 Å². The molecule has 2 aromatic heterocycles. The van der Waals surface area contributed by atoms with Crippen LogP contribution >= 0.6 is 0 Å². The van der Waals surface area contributed by atoms with Crippen LogP contribution in [0.1, 0.15) is 33.7 Å². The Hall–Kier alpha value is -3.48. The third-order valence-corrected chi connectivity index (χ3v) is 4.80. The molecule has 138 valence electrons. The van der Waals surface area contributed by atoms with Gasteiger partial charge in [0.1, 0.15) is 11.6 Å². The third kappa shape index (κ3) is 2.87. The van der Waals surface area contributed by atoms with Crippen molar-refractivity contribution in [3.05, 3.63) is 65.6 Å². The Kier molecular flexibility index (Phi) is 3.71. The van der Waals surface area contributed by atoms with Crippen molar-refractivity contribution in [1.82, 2.24) is 15.3 Å². The number of anilines is 1. The highest BCUT2D eigenvalue weighted by Crippen LogP contribution is 2.36. The van der Waals surface area contributed by atoms with Crippen LogP contribution in [0.3, 0.4) is 0 Å². The summed E-state index contributed by atoms with van der Waals surface area (Å²) in [5.41, 5.74) is 4.08. The molecule has 3 aromatic rings. The van der Waals surface area contributed by atoms with Crippen LogP contribution in [0.4, 0.5) is 6.01 Å². The molecule has 0 bridgehead atoms. The molecule has 1 atom stereocenters. The zero-order valence-electron chi connectivity index (χ0n) is 14.5. The zero-order chi connectivity index (χ0) is 18.2. The highest BCUT2D eigenvalue weighted by atomic mass is 16.4. The summed E-state index contributed by atoms with van der Waals surface area (Å²) in [5, 5.41) is 6.38. The molecule has 1 aliphatic heterocycles. The average molecular weight is 363 g/mol. The van der Waals surface area contributed by atoms with Crippen molar-refractivity contribution >= 4 is 28.9 Å². The maximum absolute atomic E-state index is 12.6. The maximum atomic E-state index is 12.6. The molecule has 2 N–H and O–H groups in total. The molecule has 3 heterocycles. The molecule has 1 unspecified atom stereocenters. The molecule has 1 aromatic carbocycles. The summed E-state index contributed by atoms with van der Waals surface area (Å²) in [6.07, 6.45) is 5.65. The standard InChI is InChI=1S/C20H17N5O2.2H2/c26-15-6-3-5-14-17(15)18(12-8-10-21-11-9-12)24-19(22-14)25-20-23-13-4-1-2-7-16(13)27-20;;/h1-2,4,7-11,18H,3,5-6H2,(H2,22,23,24,25);2*1H. The molecule has 2 aliphatic rings. The number of Topliss-reactive ketones (excluding diaryl/α,β-unsaturated/α-hetero) is 1. The van der Waals surface area contributed by atoms with Gasteiger partial charge in [-0.1, -0.05) is 12.1 Å². The van der Waals surface area contributed by atoms with E-state index in [9.17, 15) is 4.79 Å². The Balaban J connectivity index is 0.00000120. The van der Waals surface area contributed by atoms with Gasteiger partial charge < -0.3 is 9.73 Å². The molecule has 27 heavy (non-hydrogen) atoms. The Morgan fingerprint density at radius 1 is 1.15 bits per heavy atom. The lowest BCUT2D eigenvalue weighted by Crippen LogP contribution is -2.38. The fourth-order valence-corrected chi connectivity index (χ4v) is 3.56. The van der Waals surface area contributed by atoms with Crippen molar-refractivity contribution in [2.45, 2.75) is 25.3 Å². The van der Waals surface area contributed by atoms with Gasteiger partial charge in [-0.2, -0.15) is 4.98 Å². The number of fused-ring (bicyclic) bond motifs is 1. The van der Waals surface area contributed by atoms with Gasteiger partial charge in [0.15, 0.2) is 11.4 Å². The van der Waals surface area contributed by atoms with E-state index in [4.69, 9.17) is 9.41 Å². The van der Waals surface area contributed by atoms with E-state index in [2.05, 4.69) is 20.6 Å². The minimum atomic E-state index is -0.357. The Bertz CT molecular complexity index is 1060. The lowest BCUT2D eigenvalue weighted by molar-refractivity contribution is -0.116. The van der Waals surface area contributed by atoms with Crippen LogP contribution in [0.25, 0.3) is 11.1 Å². The SMILES string of the molecule is O=C1CCCC2=C1C(c1ccncc1)N=C(Nc1nc3ccccc3o1)N2.[HH].[HH]. The number of nitrogens with one attached hydrogen (secondary N) is 2. The van der Waals surface area contributed by atoms with E-state index < -0.39 is 0 Å². The summed E-state index contributed by atoms with van der Waals surface area (Å²) in [7, 11) is 0. The van der Waals surface area contributed by atoms with Gasteiger partial charge in [-0.15, -0.1) is 0 Å². The summed E-state index contributed by atoms with van der Waals surface area (Å²) >= 11 is 0. The van der Waals surface area contributed by atoms with Crippen molar-refractivity contribution in [3.63, 3.8) is 0 Å². The molecule has 1 aliphatic carbocycles. The maximum Gasteiger partial charge on any atom is 0.302 e. The normalized spacial score (nSPS) is 19.5. The van der Waals surface area contributed by atoms with Crippen LogP contribution in [0.5, 0.6) is 0 Å². The van der Waals surface area contributed by atoms with E-state index in [1.54, 1.807) is 12.4 Å². The first kappa shape index (κ1) is 15.7. The van der Waals surface area contributed by atoms with Gasteiger partial charge in [0.05, 0.1) is 0 Å². The summed E-state index contributed by atoms with van der Waals surface area (Å²) in [5.74, 6) is 0.673. The number of para-hydroxylation sites is 2. The molecule has 5 rings (SSSR count). The number of nitrogens with zero attached hydrogens (tertiary/aromatic N) is 3. The van der Waals surface area contributed by atoms with Gasteiger partial charge in [-0.25, -0.2) is 4.99 Å². The topological polar surface area (TPSA) is 92.4 Å². The van der Waals surface area contributed by atoms with Crippen molar-refractivity contribution in [1.29, 1.82) is 0 Å². The van der Waals surface area contributed by atoms with E-state index >= 15 is 0 Å². The molecule has 0 saturated carbocycles. The van der Waals surface area contributed by atoms with Crippen LogP contribution in [-0.4, -0.2) is 21.7 Å². The van der Waals surface area contributed by atoms with Crippen LogP contribution in [0.2, 0.25) is 0 Å². The highest BCUT2D eigenvalue weighted by Gasteiger charge is 2.33. The first-order chi connectivity index (χ1) is 13.3. The zero-order valence-corrected chi connectivity index (χ0v) is 14.5. The van der Waals surface area contributed by atoms with Crippen LogP contribution in [0, 0.1) is 0 Å². The smallest absolute Gasteiger partial charge is 0.302 e. The third-order valence-electron chi connectivity index (χ3n) is 4.80. The second kappa shape index (κ2) is 6.35. The van der Waals surface area contributed by atoms with Crippen LogP contribution in [0.15, 0.2) is 69.5 Å². The first-order valence-electron chi connectivity index (χ1n) is 8.91. The van der Waals surface area contributed by atoms with Gasteiger partial charge in [0, 0.05) is 32.9 Å². The number of hydrogen-bond acceptors (Lipinski definition) is 7. The van der Waals surface area contributed by atoms with Gasteiger partial charge in [0.25, 0.3) is 0 Å². The highest BCUT2D eigenvalue weighted by molar-refractivity contribution is 6.03. The number of hydrogen-bond donors (Lipinski definition) is 2. The largest absolute Gasteiger partial charge is 0.423 e. The van der Waals surface area contributed by atoms with E-state index in [1.807, 2.05) is 36.4 Å². The van der Waals surface area contributed by atoms with Gasteiger partial charge in [-0.3, -0.25) is 15.1 Å². The number of allylic oxidation sites excluding steroid dienone is 1. The van der Waals surface area contributed by atoms with Gasteiger partial charge >= 0.3 is 6.01 Å².